The quantitative estimate of drug-likeness (QED) is 0.773. The van der Waals surface area contributed by atoms with Gasteiger partial charge < -0.3 is 14.7 Å². The summed E-state index contributed by atoms with van der Waals surface area (Å²) < 4.78 is 0. The van der Waals surface area contributed by atoms with Crippen molar-refractivity contribution < 1.29 is 9.59 Å². The van der Waals surface area contributed by atoms with Gasteiger partial charge in [0, 0.05) is 51.0 Å². The molecular formula is C22H28N4O2. The Bertz CT molecular complexity index is 801. The van der Waals surface area contributed by atoms with Crippen LogP contribution in [-0.2, 0) is 6.54 Å². The highest BCUT2D eigenvalue weighted by atomic mass is 16.2. The van der Waals surface area contributed by atoms with E-state index in [0.29, 0.717) is 37.4 Å². The summed E-state index contributed by atoms with van der Waals surface area (Å²) in [5.41, 5.74) is 1.91. The molecule has 0 radical (unpaired) electrons. The van der Waals surface area contributed by atoms with E-state index in [1.54, 1.807) is 23.2 Å². The Kier molecular flexibility index (Phi) is 6.76. The van der Waals surface area contributed by atoms with Crippen molar-refractivity contribution >= 4 is 11.8 Å². The predicted molar refractivity (Wildman–Crippen MR) is 109 cm³/mol. The number of nitrogens with zero attached hydrogens (tertiary/aromatic N) is 4. The van der Waals surface area contributed by atoms with Gasteiger partial charge >= 0.3 is 0 Å². The van der Waals surface area contributed by atoms with Crippen LogP contribution in [0.25, 0.3) is 0 Å². The van der Waals surface area contributed by atoms with Crippen molar-refractivity contribution in [2.45, 2.75) is 20.4 Å². The molecule has 1 aliphatic heterocycles. The fraction of sp³-hybridized carbons (Fsp3) is 0.409. The topological polar surface area (TPSA) is 56.8 Å². The Labute approximate surface area is 166 Å². The molecule has 1 aromatic heterocycles. The molecule has 0 unspecified atom stereocenters. The van der Waals surface area contributed by atoms with Crippen molar-refractivity contribution in [3.63, 3.8) is 0 Å². The highest BCUT2D eigenvalue weighted by Gasteiger charge is 2.23. The van der Waals surface area contributed by atoms with E-state index in [1.165, 1.54) is 0 Å². The van der Waals surface area contributed by atoms with Gasteiger partial charge in [0.1, 0.15) is 5.69 Å². The van der Waals surface area contributed by atoms with Gasteiger partial charge in [-0.15, -0.1) is 0 Å². The SMILES string of the molecule is CCN1CCN(C(=O)c2ccnc(C(=O)N(CC)Cc3ccccc3)c2)CC1. The normalized spacial score (nSPS) is 14.7. The number of hydrogen-bond acceptors (Lipinski definition) is 4. The Balaban J connectivity index is 1.71. The van der Waals surface area contributed by atoms with Gasteiger partial charge in [-0.3, -0.25) is 14.6 Å². The number of hydrogen-bond donors (Lipinski definition) is 0. The van der Waals surface area contributed by atoms with E-state index in [1.807, 2.05) is 42.2 Å². The standard InChI is InChI=1S/C22H28N4O2/c1-3-24-12-14-26(15-13-24)21(27)19-10-11-23-20(16-19)22(28)25(4-2)17-18-8-6-5-7-9-18/h5-11,16H,3-4,12-15,17H2,1-2H3. The number of piperazine rings is 1. The molecule has 1 fully saturated rings. The van der Waals surface area contributed by atoms with Gasteiger partial charge in [-0.1, -0.05) is 37.3 Å². The average molecular weight is 380 g/mol. The minimum atomic E-state index is -0.156. The van der Waals surface area contributed by atoms with Gasteiger partial charge in [0.2, 0.25) is 0 Å². The van der Waals surface area contributed by atoms with E-state index in [2.05, 4.69) is 16.8 Å². The van der Waals surface area contributed by atoms with Gasteiger partial charge in [0.25, 0.3) is 11.8 Å². The van der Waals surface area contributed by atoms with Crippen LogP contribution < -0.4 is 0 Å². The summed E-state index contributed by atoms with van der Waals surface area (Å²) in [5, 5.41) is 0. The second-order valence-electron chi connectivity index (χ2n) is 6.96. The molecule has 28 heavy (non-hydrogen) atoms. The second-order valence-corrected chi connectivity index (χ2v) is 6.96. The van der Waals surface area contributed by atoms with E-state index in [4.69, 9.17) is 0 Å². The number of pyridine rings is 1. The first-order valence-corrected chi connectivity index (χ1v) is 9.93. The van der Waals surface area contributed by atoms with Crippen LogP contribution in [0.4, 0.5) is 0 Å². The molecule has 2 amide bonds. The minimum absolute atomic E-state index is 0.0293. The third-order valence-electron chi connectivity index (χ3n) is 5.22. The summed E-state index contributed by atoms with van der Waals surface area (Å²) >= 11 is 0. The summed E-state index contributed by atoms with van der Waals surface area (Å²) in [4.78, 5) is 36.0. The zero-order valence-electron chi connectivity index (χ0n) is 16.7. The molecule has 2 aromatic rings. The Morgan fingerprint density at radius 3 is 2.39 bits per heavy atom. The van der Waals surface area contributed by atoms with Crippen LogP contribution in [0.5, 0.6) is 0 Å². The molecule has 0 atom stereocenters. The summed E-state index contributed by atoms with van der Waals surface area (Å²) in [5.74, 6) is -0.185. The van der Waals surface area contributed by atoms with Crippen molar-refractivity contribution in [1.29, 1.82) is 0 Å². The van der Waals surface area contributed by atoms with E-state index in [-0.39, 0.29) is 11.8 Å². The van der Waals surface area contributed by atoms with Gasteiger partial charge in [0.15, 0.2) is 0 Å². The average Bonchev–Trinajstić information content (AvgIpc) is 2.77. The summed E-state index contributed by atoms with van der Waals surface area (Å²) in [6.07, 6.45) is 1.55. The molecule has 1 saturated heterocycles. The summed E-state index contributed by atoms with van der Waals surface area (Å²) in [7, 11) is 0. The molecule has 0 spiro atoms. The fourth-order valence-corrected chi connectivity index (χ4v) is 3.42. The summed E-state index contributed by atoms with van der Waals surface area (Å²) in [6.45, 7) is 9.39. The van der Waals surface area contributed by atoms with Crippen LogP contribution in [0.3, 0.4) is 0 Å². The fourth-order valence-electron chi connectivity index (χ4n) is 3.42. The molecule has 6 nitrogen and oxygen atoms in total. The van der Waals surface area contributed by atoms with Crippen molar-refractivity contribution in [3.8, 4) is 0 Å². The molecule has 1 aromatic carbocycles. The molecule has 3 rings (SSSR count). The Morgan fingerprint density at radius 2 is 1.75 bits per heavy atom. The van der Waals surface area contributed by atoms with Gasteiger partial charge in [0.05, 0.1) is 0 Å². The van der Waals surface area contributed by atoms with Crippen LogP contribution in [-0.4, -0.2) is 70.8 Å². The molecule has 6 heteroatoms. The lowest BCUT2D eigenvalue weighted by Crippen LogP contribution is -2.48. The van der Waals surface area contributed by atoms with Crippen molar-refractivity contribution in [3.05, 3.63) is 65.5 Å². The first-order valence-electron chi connectivity index (χ1n) is 9.93. The van der Waals surface area contributed by atoms with E-state index in [0.717, 1.165) is 25.2 Å². The maximum Gasteiger partial charge on any atom is 0.272 e. The number of aromatic nitrogens is 1. The van der Waals surface area contributed by atoms with E-state index in [9.17, 15) is 9.59 Å². The van der Waals surface area contributed by atoms with Crippen molar-refractivity contribution in [1.82, 2.24) is 19.7 Å². The van der Waals surface area contributed by atoms with Crippen LogP contribution >= 0.6 is 0 Å². The van der Waals surface area contributed by atoms with Crippen molar-refractivity contribution in [2.75, 3.05) is 39.3 Å². The van der Waals surface area contributed by atoms with Crippen molar-refractivity contribution in [2.24, 2.45) is 0 Å². The Morgan fingerprint density at radius 1 is 1.04 bits per heavy atom. The first-order chi connectivity index (χ1) is 13.6. The zero-order valence-corrected chi connectivity index (χ0v) is 16.7. The summed E-state index contributed by atoms with van der Waals surface area (Å²) in [6, 6.07) is 13.2. The first kappa shape index (κ1) is 20.0. The third-order valence-corrected chi connectivity index (χ3v) is 5.22. The zero-order chi connectivity index (χ0) is 19.9. The van der Waals surface area contributed by atoms with Crippen LogP contribution in [0.1, 0.15) is 40.3 Å². The van der Waals surface area contributed by atoms with Gasteiger partial charge in [-0.05, 0) is 31.2 Å². The largest absolute Gasteiger partial charge is 0.336 e. The molecular weight excluding hydrogens is 352 g/mol. The monoisotopic (exact) mass is 380 g/mol. The number of carbonyl (C=O) groups excluding carboxylic acids is 2. The maximum absolute atomic E-state index is 12.9. The molecule has 148 valence electrons. The molecule has 1 aliphatic rings. The maximum atomic E-state index is 12.9. The number of rotatable bonds is 6. The molecule has 0 saturated carbocycles. The molecule has 0 N–H and O–H groups in total. The Hall–Kier alpha value is -2.73. The molecule has 0 aliphatic carbocycles. The minimum Gasteiger partial charge on any atom is -0.336 e. The van der Waals surface area contributed by atoms with E-state index >= 15 is 0 Å². The molecule has 0 bridgehead atoms. The van der Waals surface area contributed by atoms with Crippen LogP contribution in [0, 0.1) is 0 Å². The third kappa shape index (κ3) is 4.75. The van der Waals surface area contributed by atoms with Gasteiger partial charge in [-0.25, -0.2) is 0 Å². The van der Waals surface area contributed by atoms with Gasteiger partial charge in [-0.2, -0.15) is 0 Å². The van der Waals surface area contributed by atoms with Crippen LogP contribution in [0.2, 0.25) is 0 Å². The number of amides is 2. The lowest BCUT2D eigenvalue weighted by atomic mass is 10.1. The highest BCUT2D eigenvalue weighted by molar-refractivity contribution is 5.98. The smallest absolute Gasteiger partial charge is 0.272 e. The molecule has 2 heterocycles. The number of carbonyl (C=O) groups is 2. The number of benzene rings is 1. The lowest BCUT2D eigenvalue weighted by Gasteiger charge is -2.34. The number of likely N-dealkylation sites (N-methyl/N-ethyl adjacent to an activating group) is 1. The van der Waals surface area contributed by atoms with E-state index < -0.39 is 0 Å². The highest BCUT2D eigenvalue weighted by Crippen LogP contribution is 2.13. The lowest BCUT2D eigenvalue weighted by molar-refractivity contribution is 0.0643. The van der Waals surface area contributed by atoms with Crippen LogP contribution in [0.15, 0.2) is 48.7 Å². The second kappa shape index (κ2) is 9.46. The predicted octanol–water partition coefficient (Wildman–Crippen LogP) is 2.52.